The zero-order chi connectivity index (χ0) is 19.3. The van der Waals surface area contributed by atoms with E-state index in [1.54, 1.807) is 12.3 Å². The maximum absolute atomic E-state index is 12.6. The summed E-state index contributed by atoms with van der Waals surface area (Å²) in [6.07, 6.45) is 7.51. The third kappa shape index (κ3) is 3.96. The first-order valence-electron chi connectivity index (χ1n) is 8.93. The molecule has 0 unspecified atom stereocenters. The zero-order valence-corrected chi connectivity index (χ0v) is 15.4. The molecule has 0 aliphatic rings. The van der Waals surface area contributed by atoms with Crippen molar-refractivity contribution < 1.29 is 9.53 Å². The molecule has 1 N–H and O–H groups in total. The number of hydrogen-bond acceptors (Lipinski definition) is 3. The zero-order valence-electron chi connectivity index (χ0n) is 15.4. The number of nitrogens with one attached hydrogen (secondary N) is 1. The van der Waals surface area contributed by atoms with Gasteiger partial charge in [-0.1, -0.05) is 6.07 Å². The number of aryl methyl sites for hydroxylation is 1. The van der Waals surface area contributed by atoms with Gasteiger partial charge < -0.3 is 19.2 Å². The number of aromatic nitrogens is 3. The van der Waals surface area contributed by atoms with Crippen LogP contribution < -0.4 is 10.1 Å². The predicted octanol–water partition coefficient (Wildman–Crippen LogP) is 4.04. The van der Waals surface area contributed by atoms with E-state index in [0.29, 0.717) is 17.9 Å². The molecular formula is C22H20N4O2. The Hall–Kier alpha value is -3.80. The number of nitrogens with zero attached hydrogens (tertiary/aromatic N) is 3. The van der Waals surface area contributed by atoms with Gasteiger partial charge in [-0.3, -0.25) is 4.79 Å². The monoisotopic (exact) mass is 372 g/mol. The molecule has 0 fully saturated rings. The van der Waals surface area contributed by atoms with E-state index < -0.39 is 0 Å². The molecular weight excluding hydrogens is 352 g/mol. The Morgan fingerprint density at radius 3 is 2.54 bits per heavy atom. The summed E-state index contributed by atoms with van der Waals surface area (Å²) in [6, 6.07) is 18.7. The summed E-state index contributed by atoms with van der Waals surface area (Å²) in [7, 11) is 1.93. The lowest BCUT2D eigenvalue weighted by molar-refractivity contribution is 0.102. The van der Waals surface area contributed by atoms with Crippen LogP contribution in [0.2, 0.25) is 0 Å². The maximum Gasteiger partial charge on any atom is 0.255 e. The molecule has 0 saturated carbocycles. The van der Waals surface area contributed by atoms with Crippen LogP contribution >= 0.6 is 0 Å². The van der Waals surface area contributed by atoms with Crippen LogP contribution in [0.5, 0.6) is 5.75 Å². The van der Waals surface area contributed by atoms with Crippen molar-refractivity contribution in [2.24, 2.45) is 7.05 Å². The van der Waals surface area contributed by atoms with Gasteiger partial charge in [0.1, 0.15) is 18.2 Å². The van der Waals surface area contributed by atoms with Crippen molar-refractivity contribution in [2.45, 2.75) is 6.61 Å². The van der Waals surface area contributed by atoms with E-state index in [2.05, 4.69) is 10.3 Å². The summed E-state index contributed by atoms with van der Waals surface area (Å²) >= 11 is 0. The van der Waals surface area contributed by atoms with Gasteiger partial charge in [0.15, 0.2) is 0 Å². The molecule has 28 heavy (non-hydrogen) atoms. The van der Waals surface area contributed by atoms with Crippen molar-refractivity contribution in [3.8, 4) is 11.4 Å². The molecule has 0 spiro atoms. The Bertz CT molecular complexity index is 1070. The highest BCUT2D eigenvalue weighted by Gasteiger charge is 2.08. The molecule has 0 atom stereocenters. The summed E-state index contributed by atoms with van der Waals surface area (Å²) in [5.41, 5.74) is 2.25. The molecule has 0 aliphatic carbocycles. The van der Waals surface area contributed by atoms with E-state index in [1.165, 1.54) is 0 Å². The molecule has 1 amide bonds. The molecule has 0 saturated heterocycles. The summed E-state index contributed by atoms with van der Waals surface area (Å²) in [5.74, 6) is 1.41. The highest BCUT2D eigenvalue weighted by Crippen LogP contribution is 2.18. The molecule has 0 radical (unpaired) electrons. The number of ether oxygens (including phenoxy) is 1. The van der Waals surface area contributed by atoms with Crippen LogP contribution in [0.15, 0.2) is 85.5 Å². The molecule has 4 aromatic rings. The minimum Gasteiger partial charge on any atom is -0.486 e. The normalized spacial score (nSPS) is 10.6. The number of anilines is 1. The minimum absolute atomic E-state index is 0.157. The van der Waals surface area contributed by atoms with Crippen molar-refractivity contribution in [3.05, 3.63) is 96.8 Å². The van der Waals surface area contributed by atoms with Crippen molar-refractivity contribution in [1.29, 1.82) is 0 Å². The third-order valence-corrected chi connectivity index (χ3v) is 4.41. The van der Waals surface area contributed by atoms with E-state index in [0.717, 1.165) is 17.3 Å². The van der Waals surface area contributed by atoms with Crippen molar-refractivity contribution in [2.75, 3.05) is 5.32 Å². The van der Waals surface area contributed by atoms with E-state index >= 15 is 0 Å². The minimum atomic E-state index is -0.157. The van der Waals surface area contributed by atoms with Gasteiger partial charge in [-0.2, -0.15) is 0 Å². The van der Waals surface area contributed by atoms with E-state index in [4.69, 9.17) is 4.74 Å². The first-order chi connectivity index (χ1) is 13.7. The van der Waals surface area contributed by atoms with Gasteiger partial charge in [0.2, 0.25) is 0 Å². The van der Waals surface area contributed by atoms with Gasteiger partial charge in [-0.25, -0.2) is 4.98 Å². The van der Waals surface area contributed by atoms with Gasteiger partial charge in [-0.05, 0) is 54.6 Å². The number of carbonyl (C=O) groups is 1. The lowest BCUT2D eigenvalue weighted by atomic mass is 10.2. The lowest BCUT2D eigenvalue weighted by Gasteiger charge is -2.09. The highest BCUT2D eigenvalue weighted by atomic mass is 16.5. The standard InChI is InChI=1S/C22H20N4O2/c1-25-14-11-23-21(25)16-28-20-9-7-18(8-10-20)24-22(27)17-5-4-6-19(15-17)26-12-2-3-13-26/h2-15H,16H2,1H3,(H,24,27). The lowest BCUT2D eigenvalue weighted by Crippen LogP contribution is -2.12. The SMILES string of the molecule is Cn1ccnc1COc1ccc(NC(=O)c2cccc(-n3cccc3)c2)cc1. The second-order valence-electron chi connectivity index (χ2n) is 6.36. The second-order valence-corrected chi connectivity index (χ2v) is 6.36. The van der Waals surface area contributed by atoms with Crippen LogP contribution in [-0.4, -0.2) is 20.0 Å². The number of benzene rings is 2. The molecule has 2 aromatic heterocycles. The van der Waals surface area contributed by atoms with Crippen molar-refractivity contribution >= 4 is 11.6 Å². The number of rotatable bonds is 6. The van der Waals surface area contributed by atoms with Crippen molar-refractivity contribution in [1.82, 2.24) is 14.1 Å². The summed E-state index contributed by atoms with van der Waals surface area (Å²) < 4.78 is 9.61. The van der Waals surface area contributed by atoms with E-state index in [9.17, 15) is 4.79 Å². The van der Waals surface area contributed by atoms with Crippen LogP contribution in [0, 0.1) is 0 Å². The summed E-state index contributed by atoms with van der Waals surface area (Å²) in [6.45, 7) is 0.390. The average molecular weight is 372 g/mol. The first-order valence-corrected chi connectivity index (χ1v) is 8.93. The maximum atomic E-state index is 12.6. The number of hydrogen-bond donors (Lipinski definition) is 1. The Balaban J connectivity index is 1.39. The largest absolute Gasteiger partial charge is 0.486 e. The van der Waals surface area contributed by atoms with Gasteiger partial charge in [0, 0.05) is 48.8 Å². The van der Waals surface area contributed by atoms with Crippen LogP contribution in [0.4, 0.5) is 5.69 Å². The summed E-state index contributed by atoms with van der Waals surface area (Å²) in [4.78, 5) is 16.8. The number of carbonyl (C=O) groups excluding carboxylic acids is 1. The molecule has 6 nitrogen and oxygen atoms in total. The van der Waals surface area contributed by atoms with Crippen LogP contribution in [-0.2, 0) is 13.7 Å². The smallest absolute Gasteiger partial charge is 0.255 e. The predicted molar refractivity (Wildman–Crippen MR) is 108 cm³/mol. The fraction of sp³-hybridized carbons (Fsp3) is 0.0909. The van der Waals surface area contributed by atoms with Gasteiger partial charge in [0.25, 0.3) is 5.91 Å². The molecule has 140 valence electrons. The highest BCUT2D eigenvalue weighted by molar-refractivity contribution is 6.04. The summed E-state index contributed by atoms with van der Waals surface area (Å²) in [5, 5.41) is 2.92. The topological polar surface area (TPSA) is 61.1 Å². The molecule has 2 aromatic carbocycles. The molecule has 0 bridgehead atoms. The number of amides is 1. The second kappa shape index (κ2) is 7.84. The Labute approximate surface area is 163 Å². The quantitative estimate of drug-likeness (QED) is 0.556. The Morgan fingerprint density at radius 2 is 1.82 bits per heavy atom. The van der Waals surface area contributed by atoms with Crippen LogP contribution in [0.3, 0.4) is 0 Å². The van der Waals surface area contributed by atoms with Crippen LogP contribution in [0.1, 0.15) is 16.2 Å². The number of imidazole rings is 1. The van der Waals surface area contributed by atoms with E-state index in [-0.39, 0.29) is 5.91 Å². The Morgan fingerprint density at radius 1 is 1.04 bits per heavy atom. The fourth-order valence-corrected chi connectivity index (χ4v) is 2.84. The van der Waals surface area contributed by atoms with Crippen LogP contribution in [0.25, 0.3) is 5.69 Å². The van der Waals surface area contributed by atoms with Gasteiger partial charge >= 0.3 is 0 Å². The first kappa shape index (κ1) is 17.6. The van der Waals surface area contributed by atoms with Crippen molar-refractivity contribution in [3.63, 3.8) is 0 Å². The average Bonchev–Trinajstić information content (AvgIpc) is 3.39. The molecule has 4 rings (SSSR count). The third-order valence-electron chi connectivity index (χ3n) is 4.41. The molecule has 6 heteroatoms. The van der Waals surface area contributed by atoms with E-state index in [1.807, 2.05) is 89.4 Å². The Kier molecular flexibility index (Phi) is 4.93. The van der Waals surface area contributed by atoms with Gasteiger partial charge in [-0.15, -0.1) is 0 Å². The fourth-order valence-electron chi connectivity index (χ4n) is 2.84. The van der Waals surface area contributed by atoms with Gasteiger partial charge in [0.05, 0.1) is 0 Å². The molecule has 2 heterocycles. The molecule has 0 aliphatic heterocycles.